The van der Waals surface area contributed by atoms with Crippen LogP contribution in [0.4, 0.5) is 5.69 Å². The SMILES string of the molecule is COc1ccccc1N1C(=S)N[C@H](c2ccccn2)[C@H]1c1ccc(-c2ccccc2C(=O)O)o1. The molecule has 0 saturated carbocycles. The van der Waals surface area contributed by atoms with Gasteiger partial charge in [-0.05, 0) is 54.7 Å². The van der Waals surface area contributed by atoms with Crippen molar-refractivity contribution in [2.24, 2.45) is 0 Å². The summed E-state index contributed by atoms with van der Waals surface area (Å²) < 4.78 is 11.9. The van der Waals surface area contributed by atoms with E-state index in [1.807, 2.05) is 53.4 Å². The maximum absolute atomic E-state index is 11.7. The molecule has 0 aliphatic carbocycles. The Hall–Kier alpha value is -4.17. The molecule has 0 radical (unpaired) electrons. The number of rotatable bonds is 6. The number of nitrogens with one attached hydrogen (secondary N) is 1. The second-order valence-corrected chi connectivity index (χ2v) is 8.11. The first kappa shape index (κ1) is 21.7. The smallest absolute Gasteiger partial charge is 0.336 e. The van der Waals surface area contributed by atoms with E-state index in [0.29, 0.717) is 27.9 Å². The van der Waals surface area contributed by atoms with Crippen molar-refractivity contribution >= 4 is 29.0 Å². The van der Waals surface area contributed by atoms with Crippen LogP contribution in [0.1, 0.15) is 33.9 Å². The Kier molecular flexibility index (Phi) is 5.73. The number of carbonyl (C=O) groups is 1. The molecular weight excluding hydrogens is 450 g/mol. The molecule has 5 rings (SSSR count). The number of aromatic nitrogens is 1. The summed E-state index contributed by atoms with van der Waals surface area (Å²) in [4.78, 5) is 18.2. The molecule has 2 aromatic heterocycles. The average molecular weight is 472 g/mol. The van der Waals surface area contributed by atoms with Gasteiger partial charge in [0.15, 0.2) is 5.11 Å². The number of methoxy groups -OCH3 is 1. The lowest BCUT2D eigenvalue weighted by Crippen LogP contribution is -2.29. The molecule has 1 aliphatic heterocycles. The Balaban J connectivity index is 1.64. The highest BCUT2D eigenvalue weighted by Crippen LogP contribution is 2.45. The number of ether oxygens (including phenoxy) is 1. The number of anilines is 1. The minimum atomic E-state index is -1.01. The summed E-state index contributed by atoms with van der Waals surface area (Å²) in [6, 6.07) is 23.1. The van der Waals surface area contributed by atoms with Gasteiger partial charge in [-0.25, -0.2) is 4.79 Å². The standard InChI is InChI=1S/C26H21N3O4S/c1-32-21-12-5-4-11-19(21)29-24(23(28-26(29)34)18-10-6-7-15-27-18)22-14-13-20(33-22)16-8-2-3-9-17(16)25(30)31/h2-15,23-24H,1H3,(H,28,34)(H,30,31)/t23-,24-/m1/s1. The number of hydrogen-bond donors (Lipinski definition) is 2. The van der Waals surface area contributed by atoms with Crippen molar-refractivity contribution in [1.82, 2.24) is 10.3 Å². The fourth-order valence-corrected chi connectivity index (χ4v) is 4.61. The molecule has 0 bridgehead atoms. The van der Waals surface area contributed by atoms with Crippen LogP contribution in [0.2, 0.25) is 0 Å². The average Bonchev–Trinajstić information content (AvgIpc) is 3.49. The number of nitrogens with zero attached hydrogens (tertiary/aromatic N) is 2. The Morgan fingerprint density at radius 3 is 2.59 bits per heavy atom. The van der Waals surface area contributed by atoms with Crippen LogP contribution in [0.25, 0.3) is 11.3 Å². The van der Waals surface area contributed by atoms with Crippen molar-refractivity contribution in [3.8, 4) is 17.1 Å². The van der Waals surface area contributed by atoms with Crippen molar-refractivity contribution in [3.05, 3.63) is 102 Å². The molecule has 1 aliphatic rings. The van der Waals surface area contributed by atoms with Crippen molar-refractivity contribution in [2.45, 2.75) is 12.1 Å². The minimum absolute atomic E-state index is 0.173. The lowest BCUT2D eigenvalue weighted by atomic mass is 10.0. The predicted octanol–water partition coefficient (Wildman–Crippen LogP) is 5.23. The molecule has 3 heterocycles. The van der Waals surface area contributed by atoms with Gasteiger partial charge in [0.05, 0.1) is 30.1 Å². The first-order valence-corrected chi connectivity index (χ1v) is 11.1. The van der Waals surface area contributed by atoms with Crippen molar-refractivity contribution in [1.29, 1.82) is 0 Å². The lowest BCUT2D eigenvalue weighted by molar-refractivity contribution is 0.0697. The number of furan rings is 1. The Morgan fingerprint density at radius 1 is 1.06 bits per heavy atom. The molecule has 0 spiro atoms. The number of thiocarbonyl (C=S) groups is 1. The van der Waals surface area contributed by atoms with E-state index < -0.39 is 5.97 Å². The molecule has 0 amide bonds. The van der Waals surface area contributed by atoms with Crippen LogP contribution in [0.3, 0.4) is 0 Å². The van der Waals surface area contributed by atoms with Gasteiger partial charge in [-0.2, -0.15) is 0 Å². The van der Waals surface area contributed by atoms with Gasteiger partial charge >= 0.3 is 5.97 Å². The molecule has 4 aromatic rings. The third-order valence-electron chi connectivity index (χ3n) is 5.78. The van der Waals surface area contributed by atoms with E-state index in [0.717, 1.165) is 11.4 Å². The molecular formula is C26H21N3O4S. The van der Waals surface area contributed by atoms with E-state index in [1.165, 1.54) is 0 Å². The molecule has 34 heavy (non-hydrogen) atoms. The highest BCUT2D eigenvalue weighted by Gasteiger charge is 2.43. The Morgan fingerprint density at radius 2 is 1.82 bits per heavy atom. The Labute approximate surface area is 201 Å². The third-order valence-corrected chi connectivity index (χ3v) is 6.10. The molecule has 0 unspecified atom stereocenters. The van der Waals surface area contributed by atoms with Crippen LogP contribution < -0.4 is 15.0 Å². The highest BCUT2D eigenvalue weighted by molar-refractivity contribution is 7.80. The van der Waals surface area contributed by atoms with Gasteiger partial charge < -0.3 is 24.5 Å². The monoisotopic (exact) mass is 471 g/mol. The largest absolute Gasteiger partial charge is 0.495 e. The molecule has 1 fully saturated rings. The van der Waals surface area contributed by atoms with Crippen LogP contribution in [0.5, 0.6) is 5.75 Å². The molecule has 2 atom stereocenters. The van der Waals surface area contributed by atoms with E-state index in [9.17, 15) is 9.90 Å². The van der Waals surface area contributed by atoms with Gasteiger partial charge in [0.25, 0.3) is 0 Å². The van der Waals surface area contributed by atoms with Gasteiger partial charge in [-0.1, -0.05) is 36.4 Å². The van der Waals surface area contributed by atoms with Crippen molar-refractivity contribution in [3.63, 3.8) is 0 Å². The van der Waals surface area contributed by atoms with Crippen LogP contribution in [-0.4, -0.2) is 28.3 Å². The van der Waals surface area contributed by atoms with E-state index in [4.69, 9.17) is 21.4 Å². The summed E-state index contributed by atoms with van der Waals surface area (Å²) in [7, 11) is 1.62. The summed E-state index contributed by atoms with van der Waals surface area (Å²) in [6.45, 7) is 0. The molecule has 7 nitrogen and oxygen atoms in total. The highest BCUT2D eigenvalue weighted by atomic mass is 32.1. The summed E-state index contributed by atoms with van der Waals surface area (Å²) in [5, 5.41) is 13.5. The topological polar surface area (TPSA) is 87.8 Å². The zero-order chi connectivity index (χ0) is 23.7. The molecule has 1 saturated heterocycles. The number of para-hydroxylation sites is 2. The number of pyridine rings is 1. The summed E-state index contributed by atoms with van der Waals surface area (Å²) in [5.74, 6) is 0.732. The van der Waals surface area contributed by atoms with Crippen LogP contribution in [0, 0.1) is 0 Å². The molecule has 2 aromatic carbocycles. The van der Waals surface area contributed by atoms with E-state index >= 15 is 0 Å². The Bertz CT molecular complexity index is 1350. The summed E-state index contributed by atoms with van der Waals surface area (Å²) in [5.41, 5.74) is 2.27. The zero-order valence-corrected chi connectivity index (χ0v) is 19.0. The summed E-state index contributed by atoms with van der Waals surface area (Å²) >= 11 is 5.75. The van der Waals surface area contributed by atoms with Gasteiger partial charge in [0.1, 0.15) is 23.3 Å². The van der Waals surface area contributed by atoms with E-state index in [2.05, 4.69) is 10.3 Å². The fourth-order valence-electron chi connectivity index (χ4n) is 4.27. The maximum atomic E-state index is 11.7. The van der Waals surface area contributed by atoms with Crippen molar-refractivity contribution in [2.75, 3.05) is 12.0 Å². The number of aromatic carboxylic acids is 1. The van der Waals surface area contributed by atoms with E-state index in [-0.39, 0.29) is 17.6 Å². The van der Waals surface area contributed by atoms with Gasteiger partial charge in [-0.15, -0.1) is 0 Å². The predicted molar refractivity (Wildman–Crippen MR) is 132 cm³/mol. The maximum Gasteiger partial charge on any atom is 0.336 e. The van der Waals surface area contributed by atoms with Gasteiger partial charge in [0, 0.05) is 11.8 Å². The second kappa shape index (κ2) is 8.99. The first-order valence-electron chi connectivity index (χ1n) is 10.6. The van der Waals surface area contributed by atoms with Gasteiger partial charge in [0.2, 0.25) is 0 Å². The minimum Gasteiger partial charge on any atom is -0.495 e. The van der Waals surface area contributed by atoms with Crippen molar-refractivity contribution < 1.29 is 19.1 Å². The van der Waals surface area contributed by atoms with Gasteiger partial charge in [-0.3, -0.25) is 4.98 Å². The number of hydrogen-bond acceptors (Lipinski definition) is 5. The second-order valence-electron chi connectivity index (χ2n) is 7.72. The molecule has 170 valence electrons. The zero-order valence-electron chi connectivity index (χ0n) is 18.2. The van der Waals surface area contributed by atoms with E-state index in [1.54, 1.807) is 43.6 Å². The number of benzene rings is 2. The lowest BCUT2D eigenvalue weighted by Gasteiger charge is -2.27. The summed E-state index contributed by atoms with van der Waals surface area (Å²) in [6.07, 6.45) is 1.74. The van der Waals surface area contributed by atoms with Crippen LogP contribution in [0.15, 0.2) is 89.5 Å². The number of carboxylic acids is 1. The fraction of sp³-hybridized carbons (Fsp3) is 0.115. The normalized spacial score (nSPS) is 17.4. The van der Waals surface area contributed by atoms with Crippen LogP contribution >= 0.6 is 12.2 Å². The third kappa shape index (κ3) is 3.78. The molecule has 2 N–H and O–H groups in total. The number of carboxylic acid groups (broad SMARTS) is 1. The molecule has 8 heteroatoms. The van der Waals surface area contributed by atoms with Crippen LogP contribution in [-0.2, 0) is 0 Å². The first-order chi connectivity index (χ1) is 16.6. The quantitative estimate of drug-likeness (QED) is 0.370.